The molecule has 0 radical (unpaired) electrons. The minimum atomic E-state index is 0.759. The summed E-state index contributed by atoms with van der Waals surface area (Å²) in [5.74, 6) is 0. The van der Waals surface area contributed by atoms with Crippen LogP contribution in [0.4, 0.5) is 5.69 Å². The van der Waals surface area contributed by atoms with E-state index >= 15 is 0 Å². The molecule has 17 heavy (non-hydrogen) atoms. The second-order valence-corrected chi connectivity index (χ2v) is 5.35. The van der Waals surface area contributed by atoms with Crippen LogP contribution in [0.5, 0.6) is 0 Å². The highest BCUT2D eigenvalue weighted by atomic mass is 35.5. The zero-order valence-corrected chi connectivity index (χ0v) is 11.2. The Morgan fingerprint density at radius 3 is 2.29 bits per heavy atom. The molecule has 2 rings (SSSR count). The number of nitrogen functional groups attached to an aromatic ring is 1. The van der Waals surface area contributed by atoms with E-state index in [0.717, 1.165) is 26.9 Å². The number of aryl methyl sites for hydroxylation is 1. The summed E-state index contributed by atoms with van der Waals surface area (Å²) in [6.07, 6.45) is 0.970. The first-order chi connectivity index (χ1) is 8.19. The second kappa shape index (κ2) is 5.48. The first-order valence-corrected chi connectivity index (χ1v) is 6.70. The third kappa shape index (κ3) is 3.18. The van der Waals surface area contributed by atoms with E-state index in [0.29, 0.717) is 0 Å². The highest BCUT2D eigenvalue weighted by molar-refractivity contribution is 7.99. The highest BCUT2D eigenvalue weighted by Crippen LogP contribution is 2.30. The van der Waals surface area contributed by atoms with Gasteiger partial charge in [0.1, 0.15) is 0 Å². The average Bonchev–Trinajstić information content (AvgIpc) is 2.32. The maximum absolute atomic E-state index is 5.98. The summed E-state index contributed by atoms with van der Waals surface area (Å²) in [5, 5.41) is 0.759. The minimum Gasteiger partial charge on any atom is -0.398 e. The van der Waals surface area contributed by atoms with E-state index in [1.165, 1.54) is 5.56 Å². The second-order valence-electron chi connectivity index (χ2n) is 3.77. The van der Waals surface area contributed by atoms with Crippen LogP contribution in [0.1, 0.15) is 12.5 Å². The van der Waals surface area contributed by atoms with E-state index in [2.05, 4.69) is 19.1 Å². The fourth-order valence-electron chi connectivity index (χ4n) is 1.60. The number of anilines is 1. The fourth-order valence-corrected chi connectivity index (χ4v) is 2.59. The Morgan fingerprint density at radius 2 is 1.71 bits per heavy atom. The monoisotopic (exact) mass is 263 g/mol. The smallest absolute Gasteiger partial charge is 0.0406 e. The van der Waals surface area contributed by atoms with E-state index in [1.807, 2.05) is 30.3 Å². The normalized spacial score (nSPS) is 10.5. The van der Waals surface area contributed by atoms with Gasteiger partial charge in [-0.15, -0.1) is 0 Å². The summed E-state index contributed by atoms with van der Waals surface area (Å²) in [5.41, 5.74) is 8.04. The molecular formula is C14H14ClNS. The molecule has 0 amide bonds. The van der Waals surface area contributed by atoms with E-state index < -0.39 is 0 Å². The van der Waals surface area contributed by atoms with Gasteiger partial charge in [0.15, 0.2) is 0 Å². The molecular weight excluding hydrogens is 250 g/mol. The molecule has 2 aromatic carbocycles. The summed E-state index contributed by atoms with van der Waals surface area (Å²) in [6, 6.07) is 14.0. The van der Waals surface area contributed by atoms with Crippen molar-refractivity contribution in [1.82, 2.24) is 0 Å². The van der Waals surface area contributed by atoms with Crippen molar-refractivity contribution in [3.8, 4) is 0 Å². The number of rotatable bonds is 3. The summed E-state index contributed by atoms with van der Waals surface area (Å²) < 4.78 is 0. The summed E-state index contributed by atoms with van der Waals surface area (Å²) in [7, 11) is 0. The van der Waals surface area contributed by atoms with Crippen molar-refractivity contribution >= 4 is 29.1 Å². The van der Waals surface area contributed by atoms with Crippen LogP contribution in [0, 0.1) is 0 Å². The molecule has 88 valence electrons. The minimum absolute atomic E-state index is 0.759. The van der Waals surface area contributed by atoms with E-state index in [-0.39, 0.29) is 0 Å². The van der Waals surface area contributed by atoms with Crippen molar-refractivity contribution in [3.63, 3.8) is 0 Å². The Bertz CT molecular complexity index is 508. The largest absolute Gasteiger partial charge is 0.398 e. The van der Waals surface area contributed by atoms with Crippen molar-refractivity contribution in [1.29, 1.82) is 0 Å². The van der Waals surface area contributed by atoms with Gasteiger partial charge in [0.05, 0.1) is 0 Å². The third-order valence-electron chi connectivity index (χ3n) is 2.55. The zero-order chi connectivity index (χ0) is 12.3. The van der Waals surface area contributed by atoms with Gasteiger partial charge in [-0.05, 0) is 48.4 Å². The van der Waals surface area contributed by atoms with E-state index in [4.69, 9.17) is 17.3 Å². The van der Waals surface area contributed by atoms with Crippen molar-refractivity contribution in [3.05, 3.63) is 53.1 Å². The van der Waals surface area contributed by atoms with Crippen LogP contribution in [-0.2, 0) is 6.42 Å². The van der Waals surface area contributed by atoms with Crippen LogP contribution in [0.3, 0.4) is 0 Å². The summed E-state index contributed by atoms with van der Waals surface area (Å²) in [6.45, 7) is 2.11. The number of benzene rings is 2. The standard InChI is InChI=1S/C14H14ClNS/c1-2-10-3-6-13(9-14(10)16)17-12-7-4-11(15)5-8-12/h3-9H,2,16H2,1H3. The molecule has 0 aliphatic carbocycles. The molecule has 0 fully saturated rings. The predicted octanol–water partition coefficient (Wildman–Crippen LogP) is 4.64. The lowest BCUT2D eigenvalue weighted by molar-refractivity contribution is 1.14. The Kier molecular flexibility index (Phi) is 3.97. The first-order valence-electron chi connectivity index (χ1n) is 5.51. The number of hydrogen-bond acceptors (Lipinski definition) is 2. The fraction of sp³-hybridized carbons (Fsp3) is 0.143. The SMILES string of the molecule is CCc1ccc(Sc2ccc(Cl)cc2)cc1N. The van der Waals surface area contributed by atoms with Crippen LogP contribution in [0.2, 0.25) is 5.02 Å². The number of halogens is 1. The zero-order valence-electron chi connectivity index (χ0n) is 9.61. The van der Waals surface area contributed by atoms with Crippen molar-refractivity contribution in [2.75, 3.05) is 5.73 Å². The number of hydrogen-bond donors (Lipinski definition) is 1. The first kappa shape index (κ1) is 12.3. The van der Waals surface area contributed by atoms with Gasteiger partial charge in [0, 0.05) is 20.5 Å². The Labute approximate surface area is 111 Å². The van der Waals surface area contributed by atoms with Crippen LogP contribution in [0.25, 0.3) is 0 Å². The topological polar surface area (TPSA) is 26.0 Å². The Morgan fingerprint density at radius 1 is 1.06 bits per heavy atom. The molecule has 0 unspecified atom stereocenters. The quantitative estimate of drug-likeness (QED) is 0.817. The third-order valence-corrected chi connectivity index (χ3v) is 3.80. The molecule has 3 heteroatoms. The molecule has 0 aromatic heterocycles. The van der Waals surface area contributed by atoms with Gasteiger partial charge in [-0.3, -0.25) is 0 Å². The van der Waals surface area contributed by atoms with Crippen LogP contribution in [0.15, 0.2) is 52.3 Å². The number of nitrogens with two attached hydrogens (primary N) is 1. The van der Waals surface area contributed by atoms with Crippen LogP contribution < -0.4 is 5.73 Å². The van der Waals surface area contributed by atoms with Gasteiger partial charge in [0.2, 0.25) is 0 Å². The summed E-state index contributed by atoms with van der Waals surface area (Å²) in [4.78, 5) is 2.32. The Balaban J connectivity index is 2.19. The van der Waals surface area contributed by atoms with Gasteiger partial charge in [-0.25, -0.2) is 0 Å². The lowest BCUT2D eigenvalue weighted by Crippen LogP contribution is -1.92. The molecule has 0 saturated carbocycles. The molecule has 0 aliphatic rings. The maximum atomic E-state index is 5.98. The molecule has 0 heterocycles. The molecule has 2 N–H and O–H groups in total. The molecule has 0 bridgehead atoms. The van der Waals surface area contributed by atoms with Gasteiger partial charge in [0.25, 0.3) is 0 Å². The van der Waals surface area contributed by atoms with Gasteiger partial charge < -0.3 is 5.73 Å². The van der Waals surface area contributed by atoms with E-state index in [1.54, 1.807) is 11.8 Å². The van der Waals surface area contributed by atoms with Crippen LogP contribution >= 0.6 is 23.4 Å². The van der Waals surface area contributed by atoms with Gasteiger partial charge >= 0.3 is 0 Å². The van der Waals surface area contributed by atoms with Crippen molar-refractivity contribution in [2.45, 2.75) is 23.1 Å². The molecule has 2 aromatic rings. The Hall–Kier alpha value is -1.12. The van der Waals surface area contributed by atoms with E-state index in [9.17, 15) is 0 Å². The average molecular weight is 264 g/mol. The van der Waals surface area contributed by atoms with Gasteiger partial charge in [-0.2, -0.15) is 0 Å². The lowest BCUT2D eigenvalue weighted by Gasteiger charge is -2.06. The molecule has 0 saturated heterocycles. The van der Waals surface area contributed by atoms with Crippen molar-refractivity contribution < 1.29 is 0 Å². The molecule has 0 atom stereocenters. The van der Waals surface area contributed by atoms with Gasteiger partial charge in [-0.1, -0.05) is 36.4 Å². The highest BCUT2D eigenvalue weighted by Gasteiger charge is 2.01. The summed E-state index contributed by atoms with van der Waals surface area (Å²) >= 11 is 7.54. The maximum Gasteiger partial charge on any atom is 0.0406 e. The molecule has 1 nitrogen and oxygen atoms in total. The lowest BCUT2D eigenvalue weighted by atomic mass is 10.1. The molecule has 0 spiro atoms. The van der Waals surface area contributed by atoms with Crippen molar-refractivity contribution in [2.24, 2.45) is 0 Å². The predicted molar refractivity (Wildman–Crippen MR) is 75.8 cm³/mol. The molecule has 0 aliphatic heterocycles. The van der Waals surface area contributed by atoms with Crippen LogP contribution in [-0.4, -0.2) is 0 Å².